The molecule has 0 unspecified atom stereocenters. The van der Waals surface area contributed by atoms with E-state index in [1.807, 2.05) is 12.1 Å². The zero-order valence-corrected chi connectivity index (χ0v) is 10.4. The molecule has 0 aliphatic heterocycles. The Labute approximate surface area is 97.3 Å². The van der Waals surface area contributed by atoms with Crippen LogP contribution in [0.4, 0.5) is 0 Å². The van der Waals surface area contributed by atoms with Crippen LogP contribution in [0.3, 0.4) is 0 Å². The molecule has 0 aliphatic rings. The minimum absolute atomic E-state index is 0.117. The maximum Gasteiger partial charge on any atom is 0.307 e. The lowest BCUT2D eigenvalue weighted by molar-refractivity contribution is -0.136. The first-order valence-electron chi connectivity index (χ1n) is 5.76. The van der Waals surface area contributed by atoms with Crippen LogP contribution in [0.25, 0.3) is 0 Å². The molecule has 1 aromatic rings. The Hall–Kier alpha value is -1.31. The minimum Gasteiger partial charge on any atom is -0.481 e. The molecule has 2 heteroatoms. The van der Waals surface area contributed by atoms with Crippen molar-refractivity contribution < 1.29 is 9.90 Å². The molecule has 0 amide bonds. The van der Waals surface area contributed by atoms with Gasteiger partial charge in [0.05, 0.1) is 6.42 Å². The van der Waals surface area contributed by atoms with E-state index in [1.165, 1.54) is 5.56 Å². The third kappa shape index (κ3) is 3.09. The fourth-order valence-corrected chi connectivity index (χ4v) is 1.83. The predicted molar refractivity (Wildman–Crippen MR) is 66.0 cm³/mol. The zero-order valence-electron chi connectivity index (χ0n) is 10.4. The van der Waals surface area contributed by atoms with Gasteiger partial charge in [0.15, 0.2) is 0 Å². The summed E-state index contributed by atoms with van der Waals surface area (Å²) in [6, 6.07) is 6.14. The quantitative estimate of drug-likeness (QED) is 0.842. The summed E-state index contributed by atoms with van der Waals surface area (Å²) in [5.41, 5.74) is 3.37. The van der Waals surface area contributed by atoms with Crippen LogP contribution in [0.1, 0.15) is 56.2 Å². The second-order valence-corrected chi connectivity index (χ2v) is 4.84. The summed E-state index contributed by atoms with van der Waals surface area (Å²) in [5, 5.41) is 8.85. The number of hydrogen-bond donors (Lipinski definition) is 1. The first kappa shape index (κ1) is 12.8. The Morgan fingerprint density at radius 3 is 2.25 bits per heavy atom. The van der Waals surface area contributed by atoms with E-state index in [9.17, 15) is 4.79 Å². The maximum atomic E-state index is 10.8. The number of carboxylic acids is 1. The fraction of sp³-hybridized carbons (Fsp3) is 0.500. The number of hydrogen-bond acceptors (Lipinski definition) is 1. The Morgan fingerprint density at radius 1 is 1.19 bits per heavy atom. The topological polar surface area (TPSA) is 37.3 Å². The van der Waals surface area contributed by atoms with Crippen molar-refractivity contribution >= 4 is 5.97 Å². The average Bonchev–Trinajstić information content (AvgIpc) is 2.16. The molecule has 0 atom stereocenters. The molecule has 0 spiro atoms. The third-order valence-corrected chi connectivity index (χ3v) is 2.80. The van der Waals surface area contributed by atoms with E-state index in [1.54, 1.807) is 0 Å². The van der Waals surface area contributed by atoms with Crippen LogP contribution in [0, 0.1) is 0 Å². The van der Waals surface area contributed by atoms with E-state index in [-0.39, 0.29) is 6.42 Å². The molecular formula is C14H20O2. The fourth-order valence-electron chi connectivity index (χ4n) is 1.83. The number of rotatable bonds is 4. The number of benzene rings is 1. The Kier molecular flexibility index (Phi) is 4.11. The highest BCUT2D eigenvalue weighted by molar-refractivity contribution is 5.71. The normalized spacial score (nSPS) is 11.1. The van der Waals surface area contributed by atoms with Crippen LogP contribution in [-0.2, 0) is 11.2 Å². The van der Waals surface area contributed by atoms with Crippen molar-refractivity contribution in [3.05, 3.63) is 34.9 Å². The van der Waals surface area contributed by atoms with Crippen LogP contribution in [0.2, 0.25) is 0 Å². The molecule has 1 rings (SSSR count). The molecule has 0 heterocycles. The van der Waals surface area contributed by atoms with Gasteiger partial charge in [-0.3, -0.25) is 4.79 Å². The summed E-state index contributed by atoms with van der Waals surface area (Å²) in [7, 11) is 0. The van der Waals surface area contributed by atoms with Crippen LogP contribution < -0.4 is 0 Å². The standard InChI is InChI=1S/C14H20O2/c1-9(2)11-5-6-12(8-14(15)16)13(7-11)10(3)4/h5-7,9-10H,8H2,1-4H3,(H,15,16). The lowest BCUT2D eigenvalue weighted by Crippen LogP contribution is -2.05. The van der Waals surface area contributed by atoms with Gasteiger partial charge < -0.3 is 5.11 Å². The minimum atomic E-state index is -0.765. The third-order valence-electron chi connectivity index (χ3n) is 2.80. The molecule has 0 radical (unpaired) electrons. The van der Waals surface area contributed by atoms with Crippen LogP contribution >= 0.6 is 0 Å². The van der Waals surface area contributed by atoms with Gasteiger partial charge in [-0.1, -0.05) is 45.9 Å². The van der Waals surface area contributed by atoms with Gasteiger partial charge in [0, 0.05) is 0 Å². The lowest BCUT2D eigenvalue weighted by atomic mass is 9.90. The number of carboxylic acid groups (broad SMARTS) is 1. The molecule has 2 nitrogen and oxygen atoms in total. The van der Waals surface area contributed by atoms with E-state index in [4.69, 9.17) is 5.11 Å². The van der Waals surface area contributed by atoms with Gasteiger partial charge in [-0.2, -0.15) is 0 Å². The van der Waals surface area contributed by atoms with E-state index in [0.29, 0.717) is 11.8 Å². The summed E-state index contributed by atoms with van der Waals surface area (Å²) in [6.45, 7) is 8.50. The molecular weight excluding hydrogens is 200 g/mol. The van der Waals surface area contributed by atoms with Gasteiger partial charge in [0.2, 0.25) is 0 Å². The van der Waals surface area contributed by atoms with Crippen molar-refractivity contribution in [3.8, 4) is 0 Å². The van der Waals surface area contributed by atoms with Crippen LogP contribution in [0.15, 0.2) is 18.2 Å². The first-order chi connectivity index (χ1) is 7.41. The molecule has 0 aliphatic carbocycles. The van der Waals surface area contributed by atoms with E-state index in [0.717, 1.165) is 11.1 Å². The Bertz CT molecular complexity index is 378. The number of carbonyl (C=O) groups is 1. The van der Waals surface area contributed by atoms with Crippen molar-refractivity contribution in [2.45, 2.75) is 46.0 Å². The highest BCUT2D eigenvalue weighted by Gasteiger charge is 2.11. The molecule has 0 aromatic heterocycles. The second-order valence-electron chi connectivity index (χ2n) is 4.84. The van der Waals surface area contributed by atoms with Crippen LogP contribution in [-0.4, -0.2) is 11.1 Å². The zero-order chi connectivity index (χ0) is 12.3. The SMILES string of the molecule is CC(C)c1ccc(CC(=O)O)c(C(C)C)c1. The predicted octanol–water partition coefficient (Wildman–Crippen LogP) is 3.56. The van der Waals surface area contributed by atoms with Crippen molar-refractivity contribution in [3.63, 3.8) is 0 Å². The second kappa shape index (κ2) is 5.15. The van der Waals surface area contributed by atoms with Crippen molar-refractivity contribution in [1.29, 1.82) is 0 Å². The molecule has 0 saturated carbocycles. The Morgan fingerprint density at radius 2 is 1.81 bits per heavy atom. The summed E-state index contributed by atoms with van der Waals surface area (Å²) in [5.74, 6) is 0.0867. The molecule has 88 valence electrons. The summed E-state index contributed by atoms with van der Waals surface area (Å²) >= 11 is 0. The van der Waals surface area contributed by atoms with Gasteiger partial charge in [-0.25, -0.2) is 0 Å². The van der Waals surface area contributed by atoms with E-state index < -0.39 is 5.97 Å². The van der Waals surface area contributed by atoms with Gasteiger partial charge in [0.25, 0.3) is 0 Å². The van der Waals surface area contributed by atoms with Crippen LogP contribution in [0.5, 0.6) is 0 Å². The van der Waals surface area contributed by atoms with Crippen molar-refractivity contribution in [1.82, 2.24) is 0 Å². The molecule has 1 aromatic carbocycles. The van der Waals surface area contributed by atoms with Crippen molar-refractivity contribution in [2.24, 2.45) is 0 Å². The molecule has 0 saturated heterocycles. The first-order valence-corrected chi connectivity index (χ1v) is 5.76. The Balaban J connectivity index is 3.14. The van der Waals surface area contributed by atoms with E-state index in [2.05, 4.69) is 33.8 Å². The van der Waals surface area contributed by atoms with Gasteiger partial charge in [-0.05, 0) is 28.5 Å². The van der Waals surface area contributed by atoms with Crippen molar-refractivity contribution in [2.75, 3.05) is 0 Å². The van der Waals surface area contributed by atoms with Gasteiger partial charge in [0.1, 0.15) is 0 Å². The number of aliphatic carboxylic acids is 1. The summed E-state index contributed by atoms with van der Waals surface area (Å²) < 4.78 is 0. The summed E-state index contributed by atoms with van der Waals surface area (Å²) in [4.78, 5) is 10.8. The highest BCUT2D eigenvalue weighted by Crippen LogP contribution is 2.25. The lowest BCUT2D eigenvalue weighted by Gasteiger charge is -2.15. The maximum absolute atomic E-state index is 10.8. The van der Waals surface area contributed by atoms with Gasteiger partial charge in [-0.15, -0.1) is 0 Å². The molecule has 1 N–H and O–H groups in total. The summed E-state index contributed by atoms with van der Waals surface area (Å²) in [6.07, 6.45) is 0.117. The average molecular weight is 220 g/mol. The van der Waals surface area contributed by atoms with E-state index >= 15 is 0 Å². The molecule has 0 bridgehead atoms. The highest BCUT2D eigenvalue weighted by atomic mass is 16.4. The smallest absolute Gasteiger partial charge is 0.307 e. The molecule has 0 fully saturated rings. The monoisotopic (exact) mass is 220 g/mol. The largest absolute Gasteiger partial charge is 0.481 e. The molecule has 16 heavy (non-hydrogen) atoms. The van der Waals surface area contributed by atoms with Gasteiger partial charge >= 0.3 is 5.97 Å².